The molecule has 29 heavy (non-hydrogen) atoms. The molecule has 1 N–H and O–H groups in total. The number of nitro groups is 1. The van der Waals surface area contributed by atoms with E-state index < -0.39 is 10.8 Å². The predicted octanol–water partition coefficient (Wildman–Crippen LogP) is 5.47. The average molecular weight is 431 g/mol. The Hall–Kier alpha value is -2.97. The van der Waals surface area contributed by atoms with Crippen molar-refractivity contribution in [2.45, 2.75) is 13.8 Å². The third kappa shape index (κ3) is 4.72. The Morgan fingerprint density at radius 1 is 1.24 bits per heavy atom. The minimum absolute atomic E-state index is 0.0129. The Balaban J connectivity index is 1.81. The maximum atomic E-state index is 12.5. The number of nitro benzene ring substituents is 1. The van der Waals surface area contributed by atoms with Crippen LogP contribution in [0, 0.1) is 10.1 Å². The molecule has 9 heteroatoms. The summed E-state index contributed by atoms with van der Waals surface area (Å²) in [6.07, 6.45) is 0. The Morgan fingerprint density at radius 2 is 2.00 bits per heavy atom. The van der Waals surface area contributed by atoms with Crippen molar-refractivity contribution >= 4 is 45.4 Å². The van der Waals surface area contributed by atoms with Crippen LogP contribution in [0.2, 0.25) is 5.02 Å². The number of thiazole rings is 1. The fraction of sp³-hybridized carbons (Fsp3) is 0.200. The molecule has 0 saturated heterocycles. The molecule has 0 unspecified atom stereocenters. The molecule has 0 bridgehead atoms. The first-order chi connectivity index (χ1) is 13.9. The molecule has 1 aromatic heterocycles. The molecule has 1 amide bonds. The van der Waals surface area contributed by atoms with Crippen LogP contribution in [0.3, 0.4) is 0 Å². The van der Waals surface area contributed by atoms with Gasteiger partial charge < -0.3 is 10.2 Å². The van der Waals surface area contributed by atoms with Crippen LogP contribution in [0.4, 0.5) is 16.5 Å². The van der Waals surface area contributed by atoms with Gasteiger partial charge in [0, 0.05) is 41.4 Å². The highest BCUT2D eigenvalue weighted by molar-refractivity contribution is 7.14. The summed E-state index contributed by atoms with van der Waals surface area (Å²) in [7, 11) is 0. The van der Waals surface area contributed by atoms with E-state index in [-0.39, 0.29) is 16.3 Å². The van der Waals surface area contributed by atoms with Gasteiger partial charge in [0.05, 0.1) is 10.6 Å². The van der Waals surface area contributed by atoms with E-state index in [0.717, 1.165) is 35.5 Å². The van der Waals surface area contributed by atoms with Crippen molar-refractivity contribution in [1.29, 1.82) is 0 Å². The number of amides is 1. The summed E-state index contributed by atoms with van der Waals surface area (Å²) in [5, 5.41) is 16.7. The summed E-state index contributed by atoms with van der Waals surface area (Å²) in [6, 6.07) is 11.3. The fourth-order valence-corrected chi connectivity index (χ4v) is 3.94. The van der Waals surface area contributed by atoms with Gasteiger partial charge in [0.2, 0.25) is 0 Å². The van der Waals surface area contributed by atoms with Crippen molar-refractivity contribution in [1.82, 2.24) is 4.98 Å². The van der Waals surface area contributed by atoms with E-state index in [1.165, 1.54) is 12.1 Å². The number of halogens is 1. The molecule has 2 aromatic carbocycles. The maximum Gasteiger partial charge on any atom is 0.288 e. The van der Waals surface area contributed by atoms with E-state index in [1.54, 1.807) is 17.4 Å². The number of nitrogens with zero attached hydrogens (tertiary/aromatic N) is 3. The number of aromatic nitrogens is 1. The predicted molar refractivity (Wildman–Crippen MR) is 117 cm³/mol. The number of rotatable bonds is 7. The summed E-state index contributed by atoms with van der Waals surface area (Å²) < 4.78 is 0. The number of benzene rings is 2. The Kier molecular flexibility index (Phi) is 6.46. The zero-order chi connectivity index (χ0) is 21.0. The molecule has 1 heterocycles. The molecular formula is C20H19ClN4O3S. The third-order valence-corrected chi connectivity index (χ3v) is 5.57. The first-order valence-electron chi connectivity index (χ1n) is 8.99. The van der Waals surface area contributed by atoms with Crippen molar-refractivity contribution in [2.75, 3.05) is 23.3 Å². The second-order valence-corrected chi connectivity index (χ2v) is 7.39. The van der Waals surface area contributed by atoms with Gasteiger partial charge in [0.15, 0.2) is 5.13 Å². The minimum atomic E-state index is -0.616. The van der Waals surface area contributed by atoms with Crippen molar-refractivity contribution in [2.24, 2.45) is 0 Å². The fourth-order valence-electron chi connectivity index (χ4n) is 2.79. The second-order valence-electron chi connectivity index (χ2n) is 6.15. The highest BCUT2D eigenvalue weighted by Crippen LogP contribution is 2.29. The first kappa shape index (κ1) is 20.8. The SMILES string of the molecule is CCN(CC)c1nc(-c2cccc(NC(=O)c3ccc(Cl)c([N+](=O)[O-])c3)c2)cs1. The zero-order valence-corrected chi connectivity index (χ0v) is 17.5. The van der Waals surface area contributed by atoms with Crippen molar-refractivity contribution in [3.05, 3.63) is 68.5 Å². The summed E-state index contributed by atoms with van der Waals surface area (Å²) in [5.41, 5.74) is 2.13. The van der Waals surface area contributed by atoms with Gasteiger partial charge >= 0.3 is 0 Å². The number of carbonyl (C=O) groups is 1. The molecule has 0 aliphatic heterocycles. The molecule has 0 radical (unpaired) electrons. The van der Waals surface area contributed by atoms with Crippen molar-refractivity contribution in [3.8, 4) is 11.3 Å². The number of hydrogen-bond acceptors (Lipinski definition) is 6. The van der Waals surface area contributed by atoms with Crippen molar-refractivity contribution < 1.29 is 9.72 Å². The monoisotopic (exact) mass is 430 g/mol. The summed E-state index contributed by atoms with van der Waals surface area (Å²) in [4.78, 5) is 29.8. The molecule has 0 spiro atoms. The lowest BCUT2D eigenvalue weighted by molar-refractivity contribution is -0.384. The van der Waals surface area contributed by atoms with Gasteiger partial charge in [-0.2, -0.15) is 0 Å². The normalized spacial score (nSPS) is 10.6. The van der Waals surface area contributed by atoms with Crippen LogP contribution < -0.4 is 10.2 Å². The van der Waals surface area contributed by atoms with E-state index in [0.29, 0.717) is 5.69 Å². The van der Waals surface area contributed by atoms with E-state index in [9.17, 15) is 14.9 Å². The smallest absolute Gasteiger partial charge is 0.288 e. The second kappa shape index (κ2) is 9.02. The topological polar surface area (TPSA) is 88.4 Å². The minimum Gasteiger partial charge on any atom is -0.349 e. The highest BCUT2D eigenvalue weighted by atomic mass is 35.5. The largest absolute Gasteiger partial charge is 0.349 e. The van der Waals surface area contributed by atoms with Crippen molar-refractivity contribution in [3.63, 3.8) is 0 Å². The van der Waals surface area contributed by atoms with Crippen LogP contribution in [0.15, 0.2) is 47.8 Å². The highest BCUT2D eigenvalue weighted by Gasteiger charge is 2.17. The number of hydrogen-bond donors (Lipinski definition) is 1. The van der Waals surface area contributed by atoms with Gasteiger partial charge in [-0.05, 0) is 38.1 Å². The molecule has 150 valence electrons. The molecule has 3 aromatic rings. The summed E-state index contributed by atoms with van der Waals surface area (Å²) >= 11 is 7.38. The molecule has 7 nitrogen and oxygen atoms in total. The molecule has 0 saturated carbocycles. The molecule has 0 aliphatic carbocycles. The maximum absolute atomic E-state index is 12.5. The van der Waals surface area contributed by atoms with Crippen LogP contribution in [-0.2, 0) is 0 Å². The molecular weight excluding hydrogens is 412 g/mol. The summed E-state index contributed by atoms with van der Waals surface area (Å²) in [6.45, 7) is 5.93. The van der Waals surface area contributed by atoms with Crippen LogP contribution in [0.5, 0.6) is 0 Å². The Labute approximate surface area is 177 Å². The molecule has 0 fully saturated rings. The average Bonchev–Trinajstić information content (AvgIpc) is 3.19. The van der Waals surface area contributed by atoms with Gasteiger partial charge in [0.25, 0.3) is 11.6 Å². The zero-order valence-electron chi connectivity index (χ0n) is 15.9. The summed E-state index contributed by atoms with van der Waals surface area (Å²) in [5.74, 6) is -0.455. The van der Waals surface area contributed by atoms with E-state index in [4.69, 9.17) is 11.6 Å². The molecule has 3 rings (SSSR count). The lowest BCUT2D eigenvalue weighted by Gasteiger charge is -2.16. The van der Waals surface area contributed by atoms with Crippen LogP contribution in [0.25, 0.3) is 11.3 Å². The van der Waals surface area contributed by atoms with E-state index in [2.05, 4.69) is 29.0 Å². The van der Waals surface area contributed by atoms with Gasteiger partial charge in [-0.15, -0.1) is 11.3 Å². The quantitative estimate of drug-likeness (QED) is 0.396. The van der Waals surface area contributed by atoms with Gasteiger partial charge in [0.1, 0.15) is 5.02 Å². The number of anilines is 2. The Morgan fingerprint density at radius 3 is 2.69 bits per heavy atom. The van der Waals surface area contributed by atoms with E-state index >= 15 is 0 Å². The van der Waals surface area contributed by atoms with Crippen LogP contribution in [0.1, 0.15) is 24.2 Å². The lowest BCUT2D eigenvalue weighted by atomic mass is 10.1. The Bertz CT molecular complexity index is 1050. The van der Waals surface area contributed by atoms with Crippen LogP contribution >= 0.6 is 22.9 Å². The van der Waals surface area contributed by atoms with Crippen LogP contribution in [-0.4, -0.2) is 28.9 Å². The van der Waals surface area contributed by atoms with Gasteiger partial charge in [-0.1, -0.05) is 23.7 Å². The van der Waals surface area contributed by atoms with Gasteiger partial charge in [-0.3, -0.25) is 14.9 Å². The molecule has 0 atom stereocenters. The lowest BCUT2D eigenvalue weighted by Crippen LogP contribution is -2.21. The number of carbonyl (C=O) groups excluding carboxylic acids is 1. The number of nitrogens with one attached hydrogen (secondary N) is 1. The first-order valence-corrected chi connectivity index (χ1v) is 10.2. The van der Waals surface area contributed by atoms with Gasteiger partial charge in [-0.25, -0.2) is 4.98 Å². The van der Waals surface area contributed by atoms with E-state index in [1.807, 2.05) is 23.6 Å². The molecule has 0 aliphatic rings. The third-order valence-electron chi connectivity index (χ3n) is 4.35. The standard InChI is InChI=1S/C20H19ClN4O3S/c1-3-24(4-2)20-23-17(12-29-20)13-6-5-7-15(10-13)22-19(26)14-8-9-16(21)18(11-14)25(27)28/h5-12H,3-4H2,1-2H3,(H,22,26).